The Hall–Kier alpha value is -3.12. The van der Waals surface area contributed by atoms with Crippen molar-refractivity contribution < 1.29 is 14.6 Å². The quantitative estimate of drug-likeness (QED) is 0.723. The van der Waals surface area contributed by atoms with Gasteiger partial charge in [-0.3, -0.25) is 4.79 Å². The normalized spacial score (nSPS) is 10.5. The molecule has 0 radical (unpaired) electrons. The number of nitrogens with zero attached hydrogens (tertiary/aromatic N) is 2. The molecule has 3 aromatic rings. The second kappa shape index (κ2) is 7.63. The molecule has 2 aromatic carbocycles. The molecule has 0 saturated carbocycles. The number of methoxy groups -OCH3 is 1. The van der Waals surface area contributed by atoms with Crippen LogP contribution in [0.3, 0.4) is 0 Å². The molecule has 1 heterocycles. The predicted octanol–water partition coefficient (Wildman–Crippen LogP) is 2.27. The van der Waals surface area contributed by atoms with Crippen LogP contribution in [0.4, 0.5) is 0 Å². The van der Waals surface area contributed by atoms with Gasteiger partial charge in [-0.2, -0.15) is 5.10 Å². The summed E-state index contributed by atoms with van der Waals surface area (Å²) in [6, 6.07) is 18.9. The van der Waals surface area contributed by atoms with Gasteiger partial charge in [-0.1, -0.05) is 18.2 Å². The highest BCUT2D eigenvalue weighted by molar-refractivity contribution is 5.93. The molecule has 0 aliphatic carbocycles. The van der Waals surface area contributed by atoms with Crippen molar-refractivity contribution in [3.05, 3.63) is 66.4 Å². The van der Waals surface area contributed by atoms with E-state index in [-0.39, 0.29) is 19.1 Å². The lowest BCUT2D eigenvalue weighted by Gasteiger charge is -2.08. The lowest BCUT2D eigenvalue weighted by atomic mass is 10.1. The van der Waals surface area contributed by atoms with Gasteiger partial charge in [0.15, 0.2) is 5.69 Å². The summed E-state index contributed by atoms with van der Waals surface area (Å²) < 4.78 is 6.93. The van der Waals surface area contributed by atoms with Crippen molar-refractivity contribution in [3.8, 4) is 22.7 Å². The van der Waals surface area contributed by atoms with Gasteiger partial charge in [0, 0.05) is 12.1 Å². The Balaban J connectivity index is 2.04. The van der Waals surface area contributed by atoms with Crippen LogP contribution in [0.25, 0.3) is 16.9 Å². The third-order valence-electron chi connectivity index (χ3n) is 3.73. The first kappa shape index (κ1) is 16.7. The van der Waals surface area contributed by atoms with Gasteiger partial charge in [0.25, 0.3) is 5.91 Å². The number of aliphatic hydroxyl groups is 1. The van der Waals surface area contributed by atoms with Crippen LogP contribution in [0, 0.1) is 0 Å². The average molecular weight is 337 g/mol. The zero-order valence-electron chi connectivity index (χ0n) is 13.8. The van der Waals surface area contributed by atoms with Gasteiger partial charge in [0.05, 0.1) is 25.1 Å². The molecule has 0 spiro atoms. The number of nitrogens with one attached hydrogen (secondary N) is 1. The fraction of sp³-hybridized carbons (Fsp3) is 0.158. The summed E-state index contributed by atoms with van der Waals surface area (Å²) in [6.07, 6.45) is 0. The molecule has 2 N–H and O–H groups in total. The van der Waals surface area contributed by atoms with Crippen LogP contribution in [0.15, 0.2) is 60.7 Å². The number of hydrogen-bond acceptors (Lipinski definition) is 4. The van der Waals surface area contributed by atoms with Crippen LogP contribution in [-0.4, -0.2) is 41.1 Å². The highest BCUT2D eigenvalue weighted by atomic mass is 16.5. The maximum absolute atomic E-state index is 12.2. The minimum atomic E-state index is -0.321. The van der Waals surface area contributed by atoms with Crippen molar-refractivity contribution in [2.45, 2.75) is 0 Å². The van der Waals surface area contributed by atoms with E-state index >= 15 is 0 Å². The van der Waals surface area contributed by atoms with Crippen LogP contribution < -0.4 is 10.1 Å². The number of carbonyl (C=O) groups excluding carboxylic acids is 1. The highest BCUT2D eigenvalue weighted by Crippen LogP contribution is 2.26. The van der Waals surface area contributed by atoms with E-state index in [0.29, 0.717) is 5.69 Å². The van der Waals surface area contributed by atoms with E-state index in [1.807, 2.05) is 54.6 Å². The molecule has 6 heteroatoms. The van der Waals surface area contributed by atoms with E-state index in [0.717, 1.165) is 22.7 Å². The number of hydrogen-bond donors (Lipinski definition) is 2. The van der Waals surface area contributed by atoms with Crippen molar-refractivity contribution in [3.63, 3.8) is 0 Å². The molecule has 0 atom stereocenters. The van der Waals surface area contributed by atoms with Crippen molar-refractivity contribution in [2.24, 2.45) is 0 Å². The lowest BCUT2D eigenvalue weighted by Crippen LogP contribution is -2.26. The Labute approximate surface area is 145 Å². The van der Waals surface area contributed by atoms with Gasteiger partial charge in [0.2, 0.25) is 0 Å². The van der Waals surface area contributed by atoms with E-state index in [1.165, 1.54) is 0 Å². The number of aliphatic hydroxyl groups excluding tert-OH is 1. The number of amides is 1. The molecule has 0 aliphatic rings. The zero-order chi connectivity index (χ0) is 17.6. The first-order valence-corrected chi connectivity index (χ1v) is 7.92. The Morgan fingerprint density at radius 2 is 1.88 bits per heavy atom. The van der Waals surface area contributed by atoms with E-state index in [4.69, 9.17) is 9.84 Å². The molecule has 25 heavy (non-hydrogen) atoms. The summed E-state index contributed by atoms with van der Waals surface area (Å²) in [5, 5.41) is 15.9. The molecule has 128 valence electrons. The topological polar surface area (TPSA) is 76.4 Å². The Morgan fingerprint density at radius 1 is 1.16 bits per heavy atom. The van der Waals surface area contributed by atoms with Crippen LogP contribution in [0.2, 0.25) is 0 Å². The van der Waals surface area contributed by atoms with Gasteiger partial charge in [-0.05, 0) is 42.5 Å². The van der Waals surface area contributed by atoms with Crippen LogP contribution in [0.5, 0.6) is 5.75 Å². The summed E-state index contributed by atoms with van der Waals surface area (Å²) in [4.78, 5) is 12.2. The van der Waals surface area contributed by atoms with E-state index < -0.39 is 0 Å². The molecular formula is C19H19N3O3. The fourth-order valence-electron chi connectivity index (χ4n) is 2.49. The molecule has 0 saturated heterocycles. The Kier molecular flexibility index (Phi) is 5.11. The highest BCUT2D eigenvalue weighted by Gasteiger charge is 2.16. The van der Waals surface area contributed by atoms with Crippen molar-refractivity contribution in [1.29, 1.82) is 0 Å². The number of para-hydroxylation sites is 1. The van der Waals surface area contributed by atoms with E-state index in [1.54, 1.807) is 17.9 Å². The molecule has 0 aliphatic heterocycles. The summed E-state index contributed by atoms with van der Waals surface area (Å²) in [6.45, 7) is 0.0748. The summed E-state index contributed by atoms with van der Waals surface area (Å²) in [5.41, 5.74) is 2.86. The van der Waals surface area contributed by atoms with Crippen LogP contribution in [-0.2, 0) is 0 Å². The number of rotatable bonds is 6. The number of ether oxygens (including phenoxy) is 1. The van der Waals surface area contributed by atoms with Gasteiger partial charge < -0.3 is 15.2 Å². The monoisotopic (exact) mass is 337 g/mol. The maximum Gasteiger partial charge on any atom is 0.271 e. The number of carbonyl (C=O) groups is 1. The zero-order valence-corrected chi connectivity index (χ0v) is 13.8. The van der Waals surface area contributed by atoms with Crippen LogP contribution >= 0.6 is 0 Å². The first-order chi connectivity index (χ1) is 12.2. The third kappa shape index (κ3) is 3.70. The van der Waals surface area contributed by atoms with E-state index in [2.05, 4.69) is 10.4 Å². The smallest absolute Gasteiger partial charge is 0.271 e. The molecule has 1 amide bonds. The van der Waals surface area contributed by atoms with Crippen molar-refractivity contribution in [1.82, 2.24) is 15.1 Å². The van der Waals surface area contributed by atoms with Gasteiger partial charge in [0.1, 0.15) is 5.75 Å². The SMILES string of the molecule is COc1ccc(-c2cc(C(=O)NCCO)nn2-c2ccccc2)cc1. The summed E-state index contributed by atoms with van der Waals surface area (Å²) in [7, 11) is 1.62. The van der Waals surface area contributed by atoms with Gasteiger partial charge in [-0.15, -0.1) is 0 Å². The second-order valence-electron chi connectivity index (χ2n) is 5.37. The lowest BCUT2D eigenvalue weighted by molar-refractivity contribution is 0.0939. The molecule has 0 unspecified atom stereocenters. The maximum atomic E-state index is 12.2. The second-order valence-corrected chi connectivity index (χ2v) is 5.37. The van der Waals surface area contributed by atoms with E-state index in [9.17, 15) is 4.79 Å². The third-order valence-corrected chi connectivity index (χ3v) is 3.73. The van der Waals surface area contributed by atoms with Crippen molar-refractivity contribution in [2.75, 3.05) is 20.3 Å². The summed E-state index contributed by atoms with van der Waals surface area (Å²) >= 11 is 0. The first-order valence-electron chi connectivity index (χ1n) is 7.92. The number of aromatic nitrogens is 2. The molecule has 6 nitrogen and oxygen atoms in total. The summed E-state index contributed by atoms with van der Waals surface area (Å²) in [5.74, 6) is 0.439. The van der Waals surface area contributed by atoms with Crippen LogP contribution in [0.1, 0.15) is 10.5 Å². The van der Waals surface area contributed by atoms with Gasteiger partial charge in [-0.25, -0.2) is 4.68 Å². The average Bonchev–Trinajstić information content (AvgIpc) is 3.12. The van der Waals surface area contributed by atoms with Crippen molar-refractivity contribution >= 4 is 5.91 Å². The van der Waals surface area contributed by atoms with Gasteiger partial charge >= 0.3 is 0 Å². The Morgan fingerprint density at radius 3 is 2.52 bits per heavy atom. The molecule has 0 bridgehead atoms. The molecule has 3 rings (SSSR count). The largest absolute Gasteiger partial charge is 0.497 e. The predicted molar refractivity (Wildman–Crippen MR) is 95.0 cm³/mol. The molecule has 0 fully saturated rings. The number of benzene rings is 2. The minimum absolute atomic E-state index is 0.115. The fourth-order valence-corrected chi connectivity index (χ4v) is 2.49. The molecular weight excluding hydrogens is 318 g/mol. The Bertz CT molecular complexity index is 842. The standard InChI is InChI=1S/C19H19N3O3/c1-25-16-9-7-14(8-10-16)18-13-17(19(24)20-11-12-23)21-22(18)15-5-3-2-4-6-15/h2-10,13,23H,11-12H2,1H3,(H,20,24). The molecule has 1 aromatic heterocycles. The minimum Gasteiger partial charge on any atom is -0.497 e.